The van der Waals surface area contributed by atoms with Crippen LogP contribution in [0.5, 0.6) is 0 Å². The fraction of sp³-hybridized carbons (Fsp3) is 0.312. The van der Waals surface area contributed by atoms with Crippen molar-refractivity contribution in [1.82, 2.24) is 10.6 Å². The van der Waals surface area contributed by atoms with Gasteiger partial charge >= 0.3 is 12.2 Å². The van der Waals surface area contributed by atoms with E-state index in [9.17, 15) is 23.1 Å². The molecule has 5 nitrogen and oxygen atoms in total. The van der Waals surface area contributed by atoms with Gasteiger partial charge in [-0.05, 0) is 36.2 Å². The number of furan rings is 1. The van der Waals surface area contributed by atoms with Gasteiger partial charge in [0, 0.05) is 6.54 Å². The van der Waals surface area contributed by atoms with Crippen LogP contribution in [0.1, 0.15) is 23.0 Å². The van der Waals surface area contributed by atoms with E-state index < -0.39 is 23.9 Å². The van der Waals surface area contributed by atoms with E-state index in [4.69, 9.17) is 4.42 Å². The third-order valence-electron chi connectivity index (χ3n) is 3.31. The van der Waals surface area contributed by atoms with Crippen LogP contribution in [0.2, 0.25) is 0 Å². The number of carbonyl (C=O) groups excluding carboxylic acids is 1. The minimum atomic E-state index is -4.36. The van der Waals surface area contributed by atoms with Gasteiger partial charge in [-0.15, -0.1) is 0 Å². The molecule has 0 bridgehead atoms. The maximum Gasteiger partial charge on any atom is 0.416 e. The second kappa shape index (κ2) is 7.87. The second-order valence-electron chi connectivity index (χ2n) is 5.11. The zero-order valence-corrected chi connectivity index (χ0v) is 12.6. The zero-order valence-electron chi connectivity index (χ0n) is 12.6. The van der Waals surface area contributed by atoms with Crippen molar-refractivity contribution in [3.8, 4) is 0 Å². The lowest BCUT2D eigenvalue weighted by Gasteiger charge is -2.11. The molecule has 3 N–H and O–H groups in total. The highest BCUT2D eigenvalue weighted by Crippen LogP contribution is 2.29. The summed E-state index contributed by atoms with van der Waals surface area (Å²) < 4.78 is 42.3. The van der Waals surface area contributed by atoms with Crippen molar-refractivity contribution in [2.45, 2.75) is 18.7 Å². The SMILES string of the molecule is O=C(NCCc1ccc(C(F)(F)F)cc1)NCC(O)c1ccco1. The maximum atomic E-state index is 12.4. The van der Waals surface area contributed by atoms with Crippen molar-refractivity contribution in [2.75, 3.05) is 13.1 Å². The van der Waals surface area contributed by atoms with Crippen LogP contribution >= 0.6 is 0 Å². The molecule has 0 aliphatic rings. The predicted octanol–water partition coefficient (Wildman–Crippen LogP) is 2.87. The molecule has 0 aliphatic heterocycles. The minimum Gasteiger partial charge on any atom is -0.467 e. The van der Waals surface area contributed by atoms with E-state index in [1.807, 2.05) is 0 Å². The first-order valence-corrected chi connectivity index (χ1v) is 7.25. The topological polar surface area (TPSA) is 74.5 Å². The molecule has 130 valence electrons. The summed E-state index contributed by atoms with van der Waals surface area (Å²) in [6.45, 7) is 0.244. The summed E-state index contributed by atoms with van der Waals surface area (Å²) in [5.41, 5.74) is -0.0252. The monoisotopic (exact) mass is 342 g/mol. The Labute approximate surface area is 136 Å². The number of amides is 2. The van der Waals surface area contributed by atoms with E-state index in [1.54, 1.807) is 12.1 Å². The molecule has 1 aromatic heterocycles. The lowest BCUT2D eigenvalue weighted by Crippen LogP contribution is -2.38. The average Bonchev–Trinajstić information content (AvgIpc) is 3.07. The molecular weight excluding hydrogens is 325 g/mol. The Morgan fingerprint density at radius 1 is 1.17 bits per heavy atom. The molecule has 1 unspecified atom stereocenters. The molecule has 2 amide bonds. The number of alkyl halides is 3. The number of rotatable bonds is 6. The van der Waals surface area contributed by atoms with Crippen molar-refractivity contribution >= 4 is 6.03 Å². The van der Waals surface area contributed by atoms with Crippen molar-refractivity contribution in [2.24, 2.45) is 0 Å². The molecule has 0 saturated carbocycles. The Morgan fingerprint density at radius 3 is 2.46 bits per heavy atom. The van der Waals surface area contributed by atoms with E-state index in [-0.39, 0.29) is 13.1 Å². The molecule has 24 heavy (non-hydrogen) atoms. The van der Waals surface area contributed by atoms with Gasteiger partial charge in [-0.25, -0.2) is 4.79 Å². The summed E-state index contributed by atoms with van der Waals surface area (Å²) in [5, 5.41) is 14.8. The van der Waals surface area contributed by atoms with Crippen LogP contribution in [0, 0.1) is 0 Å². The largest absolute Gasteiger partial charge is 0.467 e. The van der Waals surface area contributed by atoms with Crippen molar-refractivity contribution in [3.05, 3.63) is 59.5 Å². The van der Waals surface area contributed by atoms with Crippen LogP contribution in [0.4, 0.5) is 18.0 Å². The van der Waals surface area contributed by atoms with Crippen LogP contribution in [-0.2, 0) is 12.6 Å². The highest BCUT2D eigenvalue weighted by Gasteiger charge is 2.29. The zero-order chi connectivity index (χ0) is 17.6. The molecule has 2 aromatic rings. The van der Waals surface area contributed by atoms with Crippen molar-refractivity contribution < 1.29 is 27.5 Å². The third-order valence-corrected chi connectivity index (χ3v) is 3.31. The average molecular weight is 342 g/mol. The number of aliphatic hydroxyl groups is 1. The molecule has 0 aliphatic carbocycles. The van der Waals surface area contributed by atoms with Gasteiger partial charge in [0.1, 0.15) is 11.9 Å². The highest BCUT2D eigenvalue weighted by molar-refractivity contribution is 5.73. The summed E-state index contributed by atoms with van der Waals surface area (Å²) in [6, 6.07) is 7.51. The Bertz CT molecular complexity index is 640. The van der Waals surface area contributed by atoms with E-state index in [0.717, 1.165) is 12.1 Å². The molecule has 1 atom stereocenters. The van der Waals surface area contributed by atoms with E-state index in [1.165, 1.54) is 18.4 Å². The predicted molar refractivity (Wildman–Crippen MR) is 80.2 cm³/mol. The van der Waals surface area contributed by atoms with Gasteiger partial charge in [-0.1, -0.05) is 12.1 Å². The standard InChI is InChI=1S/C16H17F3N2O3/c17-16(18,19)12-5-3-11(4-6-12)7-8-20-15(23)21-10-13(22)14-2-1-9-24-14/h1-6,9,13,22H,7-8,10H2,(H2,20,21,23). The first kappa shape index (κ1) is 17.9. The Hall–Kier alpha value is -2.48. The van der Waals surface area contributed by atoms with Crippen LogP contribution in [-0.4, -0.2) is 24.2 Å². The van der Waals surface area contributed by atoms with Gasteiger partial charge in [-0.3, -0.25) is 0 Å². The summed E-state index contributed by atoms with van der Waals surface area (Å²) >= 11 is 0. The molecule has 1 heterocycles. The molecular formula is C16H17F3N2O3. The lowest BCUT2D eigenvalue weighted by atomic mass is 10.1. The molecule has 0 spiro atoms. The number of benzene rings is 1. The maximum absolute atomic E-state index is 12.4. The van der Waals surface area contributed by atoms with Crippen LogP contribution in [0.3, 0.4) is 0 Å². The van der Waals surface area contributed by atoms with E-state index in [2.05, 4.69) is 10.6 Å². The summed E-state index contributed by atoms with van der Waals surface area (Å²) in [7, 11) is 0. The van der Waals surface area contributed by atoms with Gasteiger partial charge in [0.05, 0.1) is 18.4 Å². The fourth-order valence-electron chi connectivity index (χ4n) is 2.01. The molecule has 1 aromatic carbocycles. The Kier molecular flexibility index (Phi) is 5.86. The lowest BCUT2D eigenvalue weighted by molar-refractivity contribution is -0.137. The summed E-state index contributed by atoms with van der Waals surface area (Å²) in [4.78, 5) is 11.6. The summed E-state index contributed by atoms with van der Waals surface area (Å²) in [5.74, 6) is 0.347. The molecule has 0 fully saturated rings. The van der Waals surface area contributed by atoms with E-state index in [0.29, 0.717) is 17.7 Å². The number of hydrogen-bond acceptors (Lipinski definition) is 3. The Balaban J connectivity index is 1.69. The van der Waals surface area contributed by atoms with Gasteiger partial charge < -0.3 is 20.2 Å². The first-order valence-electron chi connectivity index (χ1n) is 7.25. The number of nitrogens with one attached hydrogen (secondary N) is 2. The van der Waals surface area contributed by atoms with Gasteiger partial charge in [0.15, 0.2) is 0 Å². The van der Waals surface area contributed by atoms with Crippen molar-refractivity contribution in [1.29, 1.82) is 0 Å². The number of aliphatic hydroxyl groups excluding tert-OH is 1. The number of urea groups is 1. The quantitative estimate of drug-likeness (QED) is 0.756. The van der Waals surface area contributed by atoms with Gasteiger partial charge in [0.25, 0.3) is 0 Å². The third kappa shape index (κ3) is 5.31. The molecule has 0 radical (unpaired) electrons. The summed E-state index contributed by atoms with van der Waals surface area (Å²) in [6.07, 6.45) is -3.49. The van der Waals surface area contributed by atoms with E-state index >= 15 is 0 Å². The number of halogens is 3. The van der Waals surface area contributed by atoms with Crippen molar-refractivity contribution in [3.63, 3.8) is 0 Å². The normalized spacial score (nSPS) is 12.7. The van der Waals surface area contributed by atoms with Gasteiger partial charge in [0.2, 0.25) is 0 Å². The Morgan fingerprint density at radius 2 is 1.88 bits per heavy atom. The fourth-order valence-corrected chi connectivity index (χ4v) is 2.01. The molecule has 8 heteroatoms. The van der Waals surface area contributed by atoms with Crippen LogP contribution in [0.25, 0.3) is 0 Å². The van der Waals surface area contributed by atoms with Crippen LogP contribution < -0.4 is 10.6 Å². The smallest absolute Gasteiger partial charge is 0.416 e. The van der Waals surface area contributed by atoms with Crippen LogP contribution in [0.15, 0.2) is 47.1 Å². The first-order chi connectivity index (χ1) is 11.4. The molecule has 0 saturated heterocycles. The van der Waals surface area contributed by atoms with Gasteiger partial charge in [-0.2, -0.15) is 13.2 Å². The minimum absolute atomic E-state index is 0.0143. The number of carbonyl (C=O) groups is 1. The molecule has 2 rings (SSSR count). The number of hydrogen-bond donors (Lipinski definition) is 3. The highest BCUT2D eigenvalue weighted by atomic mass is 19.4. The second-order valence-corrected chi connectivity index (χ2v) is 5.11.